The summed E-state index contributed by atoms with van der Waals surface area (Å²) in [6.45, 7) is 6.85. The molecule has 0 aliphatic rings. The van der Waals surface area contributed by atoms with E-state index in [0.717, 1.165) is 0 Å². The van der Waals surface area contributed by atoms with E-state index in [4.69, 9.17) is 4.74 Å². The van der Waals surface area contributed by atoms with Gasteiger partial charge in [0.1, 0.15) is 6.17 Å². The van der Waals surface area contributed by atoms with Crippen molar-refractivity contribution < 1.29 is 13.9 Å². The van der Waals surface area contributed by atoms with Gasteiger partial charge in [-0.05, 0) is 6.92 Å². The van der Waals surface area contributed by atoms with Crippen LogP contribution >= 0.6 is 12.6 Å². The molecular formula is C11H23FN2O2S. The third-order valence-corrected chi connectivity index (χ3v) is 2.21. The first-order chi connectivity index (χ1) is 7.93. The van der Waals surface area contributed by atoms with Crippen molar-refractivity contribution in [2.24, 2.45) is 0 Å². The number of nitrogens with one attached hydrogen (secondary N) is 2. The Morgan fingerprint density at radius 2 is 2.06 bits per heavy atom. The van der Waals surface area contributed by atoms with Gasteiger partial charge in [-0.2, -0.15) is 12.6 Å². The number of amides is 1. The van der Waals surface area contributed by atoms with Crippen molar-refractivity contribution in [3.63, 3.8) is 0 Å². The fourth-order valence-electron chi connectivity index (χ4n) is 1.05. The van der Waals surface area contributed by atoms with Gasteiger partial charge in [-0.1, -0.05) is 13.8 Å². The lowest BCUT2D eigenvalue weighted by molar-refractivity contribution is -0.120. The zero-order chi connectivity index (χ0) is 13.3. The number of alkyl halides is 1. The van der Waals surface area contributed by atoms with E-state index >= 15 is 0 Å². The maximum absolute atomic E-state index is 13.2. The number of rotatable bonds is 9. The molecule has 102 valence electrons. The predicted octanol–water partition coefficient (Wildman–Crippen LogP) is 0.774. The summed E-state index contributed by atoms with van der Waals surface area (Å²) in [6, 6.07) is 0.399. The highest BCUT2D eigenvalue weighted by molar-refractivity contribution is 7.81. The van der Waals surface area contributed by atoms with E-state index in [9.17, 15) is 9.18 Å². The predicted molar refractivity (Wildman–Crippen MR) is 70.3 cm³/mol. The lowest BCUT2D eigenvalue weighted by Gasteiger charge is -2.12. The molecule has 0 bridgehead atoms. The van der Waals surface area contributed by atoms with Crippen molar-refractivity contribution >= 4 is 18.5 Å². The molecule has 0 aromatic rings. The van der Waals surface area contributed by atoms with E-state index in [0.29, 0.717) is 19.2 Å². The molecule has 4 nitrogen and oxygen atoms in total. The Balaban J connectivity index is 3.40. The largest absolute Gasteiger partial charge is 0.377 e. The molecule has 17 heavy (non-hydrogen) atoms. The maximum atomic E-state index is 13.2. The van der Waals surface area contributed by atoms with Gasteiger partial charge in [0, 0.05) is 12.6 Å². The molecule has 0 aromatic carbocycles. The minimum absolute atomic E-state index is 0.001000. The average molecular weight is 266 g/mol. The number of thiol groups is 1. The zero-order valence-electron chi connectivity index (χ0n) is 10.7. The van der Waals surface area contributed by atoms with Crippen LogP contribution in [-0.2, 0) is 9.53 Å². The number of hydrogen-bond donors (Lipinski definition) is 3. The quantitative estimate of drug-likeness (QED) is 0.427. The molecule has 1 amide bonds. The first-order valence-electron chi connectivity index (χ1n) is 5.84. The second-order valence-corrected chi connectivity index (χ2v) is 4.98. The van der Waals surface area contributed by atoms with Gasteiger partial charge in [0.05, 0.1) is 25.0 Å². The Morgan fingerprint density at radius 3 is 2.59 bits per heavy atom. The van der Waals surface area contributed by atoms with Crippen LogP contribution < -0.4 is 10.6 Å². The summed E-state index contributed by atoms with van der Waals surface area (Å²) in [7, 11) is 0. The summed E-state index contributed by atoms with van der Waals surface area (Å²) in [5.74, 6) is -0.266. The Kier molecular flexibility index (Phi) is 9.49. The summed E-state index contributed by atoms with van der Waals surface area (Å²) in [4.78, 5) is 11.1. The Morgan fingerprint density at radius 1 is 1.41 bits per heavy atom. The minimum atomic E-state index is -1.18. The first-order valence-corrected chi connectivity index (χ1v) is 6.36. The van der Waals surface area contributed by atoms with Crippen LogP contribution in [0, 0.1) is 0 Å². The van der Waals surface area contributed by atoms with Crippen LogP contribution in [0.1, 0.15) is 20.8 Å². The van der Waals surface area contributed by atoms with Crippen LogP contribution in [0.2, 0.25) is 0 Å². The molecule has 0 saturated heterocycles. The molecule has 6 heteroatoms. The highest BCUT2D eigenvalue weighted by atomic mass is 32.1. The lowest BCUT2D eigenvalue weighted by atomic mass is 10.3. The second-order valence-electron chi connectivity index (χ2n) is 4.20. The summed E-state index contributed by atoms with van der Waals surface area (Å²) in [5.41, 5.74) is 0. The molecule has 0 fully saturated rings. The first kappa shape index (κ1) is 16.7. The molecule has 0 heterocycles. The number of carbonyl (C=O) groups excluding carboxylic acids is 1. The highest BCUT2D eigenvalue weighted by Crippen LogP contribution is 1.94. The SMILES string of the molecule is CC(C)NCCOCC(F)CNC(=O)C(C)S. The van der Waals surface area contributed by atoms with Crippen molar-refractivity contribution in [3.05, 3.63) is 0 Å². The van der Waals surface area contributed by atoms with Gasteiger partial charge in [-0.15, -0.1) is 0 Å². The third-order valence-electron chi connectivity index (χ3n) is 1.97. The monoisotopic (exact) mass is 266 g/mol. The molecule has 0 aliphatic carbocycles. The fraction of sp³-hybridized carbons (Fsp3) is 0.909. The van der Waals surface area contributed by atoms with Gasteiger partial charge in [0.15, 0.2) is 0 Å². The maximum Gasteiger partial charge on any atom is 0.232 e. The number of ether oxygens (including phenoxy) is 1. The van der Waals surface area contributed by atoms with Crippen LogP contribution in [0.15, 0.2) is 0 Å². The molecule has 2 atom stereocenters. The molecular weight excluding hydrogens is 243 g/mol. The molecule has 0 aromatic heterocycles. The van der Waals surface area contributed by atoms with Crippen molar-refractivity contribution in [2.75, 3.05) is 26.3 Å². The summed E-state index contributed by atoms with van der Waals surface area (Å²) in [5, 5.41) is 5.19. The van der Waals surface area contributed by atoms with Gasteiger partial charge in [0.25, 0.3) is 0 Å². The molecule has 2 N–H and O–H groups in total. The van der Waals surface area contributed by atoms with Gasteiger partial charge in [-0.3, -0.25) is 4.79 Å². The summed E-state index contributed by atoms with van der Waals surface area (Å²) < 4.78 is 18.4. The number of halogens is 1. The van der Waals surface area contributed by atoms with Crippen molar-refractivity contribution in [2.45, 2.75) is 38.2 Å². The van der Waals surface area contributed by atoms with Gasteiger partial charge < -0.3 is 15.4 Å². The summed E-state index contributed by atoms with van der Waals surface area (Å²) in [6.07, 6.45) is -1.18. The molecule has 0 spiro atoms. The molecule has 2 unspecified atom stereocenters. The average Bonchev–Trinajstić information content (AvgIpc) is 2.24. The van der Waals surface area contributed by atoms with Crippen molar-refractivity contribution in [1.82, 2.24) is 10.6 Å². The van der Waals surface area contributed by atoms with E-state index < -0.39 is 11.4 Å². The van der Waals surface area contributed by atoms with Crippen LogP contribution in [0.4, 0.5) is 4.39 Å². The Labute approximate surface area is 108 Å². The van der Waals surface area contributed by atoms with E-state index in [2.05, 4.69) is 23.3 Å². The Hall–Kier alpha value is -0.330. The van der Waals surface area contributed by atoms with Crippen LogP contribution in [0.3, 0.4) is 0 Å². The minimum Gasteiger partial charge on any atom is -0.377 e. The standard InChI is InChI=1S/C11H23FN2O2S/c1-8(2)13-4-5-16-7-10(12)6-14-11(15)9(3)17/h8-10,13,17H,4-7H2,1-3H3,(H,14,15). The van der Waals surface area contributed by atoms with Gasteiger partial charge in [-0.25, -0.2) is 4.39 Å². The molecule has 0 radical (unpaired) electrons. The van der Waals surface area contributed by atoms with Crippen molar-refractivity contribution in [3.8, 4) is 0 Å². The highest BCUT2D eigenvalue weighted by Gasteiger charge is 2.11. The normalized spacial score (nSPS) is 14.7. The van der Waals surface area contributed by atoms with Crippen LogP contribution in [-0.4, -0.2) is 49.7 Å². The number of hydrogen-bond acceptors (Lipinski definition) is 4. The Bertz CT molecular complexity index is 216. The van der Waals surface area contributed by atoms with Crippen LogP contribution in [0.5, 0.6) is 0 Å². The summed E-state index contributed by atoms with van der Waals surface area (Å²) >= 11 is 3.94. The van der Waals surface area contributed by atoms with Crippen molar-refractivity contribution in [1.29, 1.82) is 0 Å². The van der Waals surface area contributed by atoms with Crippen LogP contribution in [0.25, 0.3) is 0 Å². The topological polar surface area (TPSA) is 50.4 Å². The molecule has 0 rings (SSSR count). The van der Waals surface area contributed by atoms with E-state index in [1.165, 1.54) is 0 Å². The van der Waals surface area contributed by atoms with E-state index in [-0.39, 0.29) is 19.1 Å². The lowest BCUT2D eigenvalue weighted by Crippen LogP contribution is -2.36. The number of carbonyl (C=O) groups is 1. The fourth-order valence-corrected chi connectivity index (χ4v) is 1.14. The molecule has 0 saturated carbocycles. The smallest absolute Gasteiger partial charge is 0.232 e. The second kappa shape index (κ2) is 9.67. The van der Waals surface area contributed by atoms with Gasteiger partial charge >= 0.3 is 0 Å². The zero-order valence-corrected chi connectivity index (χ0v) is 11.6. The van der Waals surface area contributed by atoms with E-state index in [1.807, 2.05) is 13.8 Å². The van der Waals surface area contributed by atoms with Gasteiger partial charge in [0.2, 0.25) is 5.91 Å². The molecule has 0 aliphatic heterocycles. The van der Waals surface area contributed by atoms with E-state index in [1.54, 1.807) is 6.92 Å². The third kappa shape index (κ3) is 10.5.